The van der Waals surface area contributed by atoms with Gasteiger partial charge >= 0.3 is 0 Å². The maximum Gasteiger partial charge on any atom is 0.251 e. The summed E-state index contributed by atoms with van der Waals surface area (Å²) in [5.74, 6) is -0.00127. The summed E-state index contributed by atoms with van der Waals surface area (Å²) in [6.07, 6.45) is 0. The van der Waals surface area contributed by atoms with Crippen LogP contribution in [0.25, 0.3) is 0 Å². The van der Waals surface area contributed by atoms with Crippen LogP contribution in [0.2, 0.25) is 0 Å². The summed E-state index contributed by atoms with van der Waals surface area (Å²) in [4.78, 5) is 14.4. The molecule has 104 valence electrons. The molecule has 1 N–H and O–H groups in total. The van der Waals surface area contributed by atoms with Gasteiger partial charge in [0.1, 0.15) is 0 Å². The first kappa shape index (κ1) is 14.7. The molecule has 4 nitrogen and oxygen atoms in total. The van der Waals surface area contributed by atoms with Crippen molar-refractivity contribution in [2.45, 2.75) is 13.0 Å². The molecule has 1 amide bonds. The van der Waals surface area contributed by atoms with E-state index in [4.69, 9.17) is 4.74 Å². The largest absolute Gasteiger partial charge is 0.379 e. The van der Waals surface area contributed by atoms with E-state index in [0.717, 1.165) is 35.4 Å². The molecule has 0 spiro atoms. The number of rotatable bonds is 4. The van der Waals surface area contributed by atoms with Gasteiger partial charge in [-0.25, -0.2) is 0 Å². The fourth-order valence-electron chi connectivity index (χ4n) is 2.12. The fraction of sp³-hybridized carbons (Fsp3) is 0.500. The molecule has 1 unspecified atom stereocenters. The summed E-state index contributed by atoms with van der Waals surface area (Å²) >= 11 is 2.21. The zero-order valence-electron chi connectivity index (χ0n) is 11.1. The highest BCUT2D eigenvalue weighted by atomic mass is 127. The van der Waals surface area contributed by atoms with Crippen molar-refractivity contribution in [3.05, 3.63) is 33.4 Å². The number of halogens is 1. The molecule has 0 radical (unpaired) electrons. The Kier molecular flexibility index (Phi) is 5.59. The van der Waals surface area contributed by atoms with E-state index in [1.807, 2.05) is 24.3 Å². The molecule has 0 aliphatic carbocycles. The van der Waals surface area contributed by atoms with Gasteiger partial charge in [-0.2, -0.15) is 0 Å². The molecule has 0 bridgehead atoms. The summed E-state index contributed by atoms with van der Waals surface area (Å²) in [6.45, 7) is 6.27. The topological polar surface area (TPSA) is 41.6 Å². The first-order valence-corrected chi connectivity index (χ1v) is 7.60. The van der Waals surface area contributed by atoms with Gasteiger partial charge in [-0.3, -0.25) is 9.69 Å². The Morgan fingerprint density at radius 3 is 2.89 bits per heavy atom. The van der Waals surface area contributed by atoms with E-state index < -0.39 is 0 Å². The lowest BCUT2D eigenvalue weighted by Crippen LogP contribution is -2.47. The zero-order chi connectivity index (χ0) is 13.7. The molecule has 5 heteroatoms. The second-order valence-corrected chi connectivity index (χ2v) is 5.96. The number of carbonyl (C=O) groups is 1. The van der Waals surface area contributed by atoms with Gasteiger partial charge in [0.05, 0.1) is 13.2 Å². The van der Waals surface area contributed by atoms with Crippen LogP contribution in [0.5, 0.6) is 0 Å². The van der Waals surface area contributed by atoms with Crippen LogP contribution in [0.3, 0.4) is 0 Å². The van der Waals surface area contributed by atoms with E-state index in [2.05, 4.69) is 39.7 Å². The van der Waals surface area contributed by atoms with E-state index in [-0.39, 0.29) is 5.91 Å². The molecule has 1 aliphatic heterocycles. The minimum Gasteiger partial charge on any atom is -0.379 e. The molecule has 1 saturated heterocycles. The molecular weight excluding hydrogens is 355 g/mol. The number of hydrogen-bond acceptors (Lipinski definition) is 3. The molecule has 1 aliphatic rings. The van der Waals surface area contributed by atoms with Crippen LogP contribution in [0.1, 0.15) is 17.3 Å². The molecule has 2 rings (SSSR count). The average Bonchev–Trinajstić information content (AvgIpc) is 2.45. The van der Waals surface area contributed by atoms with Gasteiger partial charge in [0.15, 0.2) is 0 Å². The highest BCUT2D eigenvalue weighted by Crippen LogP contribution is 2.08. The Morgan fingerprint density at radius 2 is 2.21 bits per heavy atom. The van der Waals surface area contributed by atoms with Crippen molar-refractivity contribution >= 4 is 28.5 Å². The number of benzene rings is 1. The summed E-state index contributed by atoms with van der Waals surface area (Å²) in [7, 11) is 0. The highest BCUT2D eigenvalue weighted by Gasteiger charge is 2.17. The normalized spacial score (nSPS) is 18.0. The number of hydrogen-bond donors (Lipinski definition) is 1. The first-order chi connectivity index (χ1) is 9.16. The Bertz CT molecular complexity index is 433. The van der Waals surface area contributed by atoms with Crippen molar-refractivity contribution in [2.24, 2.45) is 0 Å². The summed E-state index contributed by atoms with van der Waals surface area (Å²) in [6, 6.07) is 7.97. The van der Waals surface area contributed by atoms with Crippen LogP contribution in [0, 0.1) is 3.57 Å². The van der Waals surface area contributed by atoms with Crippen LogP contribution < -0.4 is 5.32 Å². The number of morpholine rings is 1. The minimum absolute atomic E-state index is 0.00127. The van der Waals surface area contributed by atoms with Crippen molar-refractivity contribution in [3.8, 4) is 0 Å². The molecule has 1 fully saturated rings. The van der Waals surface area contributed by atoms with Crippen LogP contribution >= 0.6 is 22.6 Å². The smallest absolute Gasteiger partial charge is 0.251 e. The van der Waals surface area contributed by atoms with Gasteiger partial charge in [0.2, 0.25) is 0 Å². The Labute approximate surface area is 127 Å². The van der Waals surface area contributed by atoms with Crippen molar-refractivity contribution in [2.75, 3.05) is 32.8 Å². The maximum absolute atomic E-state index is 12.0. The van der Waals surface area contributed by atoms with Crippen molar-refractivity contribution in [1.29, 1.82) is 0 Å². The summed E-state index contributed by atoms with van der Waals surface area (Å²) in [5.41, 5.74) is 0.723. The molecule has 1 heterocycles. The molecular formula is C14H19IN2O2. The molecule has 1 aromatic carbocycles. The van der Waals surface area contributed by atoms with Gasteiger partial charge in [0, 0.05) is 34.8 Å². The molecule has 0 aromatic heterocycles. The predicted molar refractivity (Wildman–Crippen MR) is 83.3 cm³/mol. The second-order valence-electron chi connectivity index (χ2n) is 4.72. The predicted octanol–water partition coefficient (Wildman–Crippen LogP) is 1.74. The second kappa shape index (κ2) is 7.21. The molecule has 1 atom stereocenters. The van der Waals surface area contributed by atoms with E-state index in [0.29, 0.717) is 12.6 Å². The van der Waals surface area contributed by atoms with Crippen LogP contribution in [0.4, 0.5) is 0 Å². The van der Waals surface area contributed by atoms with E-state index in [9.17, 15) is 4.79 Å². The minimum atomic E-state index is -0.00127. The van der Waals surface area contributed by atoms with Gasteiger partial charge in [-0.1, -0.05) is 6.07 Å². The fourth-order valence-corrected chi connectivity index (χ4v) is 2.66. The number of carbonyl (C=O) groups excluding carboxylic acids is 1. The molecule has 19 heavy (non-hydrogen) atoms. The van der Waals surface area contributed by atoms with E-state index >= 15 is 0 Å². The lowest BCUT2D eigenvalue weighted by atomic mass is 10.2. The number of nitrogens with one attached hydrogen (secondary N) is 1. The standard InChI is InChI=1S/C14H19IN2O2/c1-11(17-5-7-19-8-6-17)10-16-14(18)12-3-2-4-13(15)9-12/h2-4,9,11H,5-8,10H2,1H3,(H,16,18). The summed E-state index contributed by atoms with van der Waals surface area (Å²) < 4.78 is 6.40. The van der Waals surface area contributed by atoms with Crippen molar-refractivity contribution in [3.63, 3.8) is 0 Å². The van der Waals surface area contributed by atoms with Gasteiger partial charge in [0.25, 0.3) is 5.91 Å². The van der Waals surface area contributed by atoms with E-state index in [1.165, 1.54) is 0 Å². The van der Waals surface area contributed by atoms with Gasteiger partial charge < -0.3 is 10.1 Å². The number of ether oxygens (including phenoxy) is 1. The maximum atomic E-state index is 12.0. The Morgan fingerprint density at radius 1 is 1.47 bits per heavy atom. The lowest BCUT2D eigenvalue weighted by molar-refractivity contribution is 0.0204. The van der Waals surface area contributed by atoms with E-state index in [1.54, 1.807) is 0 Å². The average molecular weight is 374 g/mol. The highest BCUT2D eigenvalue weighted by molar-refractivity contribution is 14.1. The molecule has 1 aromatic rings. The summed E-state index contributed by atoms with van der Waals surface area (Å²) in [5, 5.41) is 3.00. The number of nitrogens with zero attached hydrogens (tertiary/aromatic N) is 1. The Balaban J connectivity index is 1.82. The van der Waals surface area contributed by atoms with Gasteiger partial charge in [-0.15, -0.1) is 0 Å². The monoisotopic (exact) mass is 374 g/mol. The Hall–Kier alpha value is -0.660. The van der Waals surface area contributed by atoms with Crippen LogP contribution in [-0.2, 0) is 4.74 Å². The third-order valence-electron chi connectivity index (χ3n) is 3.31. The molecule has 0 saturated carbocycles. The third-order valence-corrected chi connectivity index (χ3v) is 3.98. The van der Waals surface area contributed by atoms with Crippen LogP contribution in [0.15, 0.2) is 24.3 Å². The van der Waals surface area contributed by atoms with Gasteiger partial charge in [-0.05, 0) is 47.7 Å². The quantitative estimate of drug-likeness (QED) is 0.817. The SMILES string of the molecule is CC(CNC(=O)c1cccc(I)c1)N1CCOCC1. The van der Waals surface area contributed by atoms with Crippen LogP contribution in [-0.4, -0.2) is 49.7 Å². The van der Waals surface area contributed by atoms with Crippen molar-refractivity contribution in [1.82, 2.24) is 10.2 Å². The zero-order valence-corrected chi connectivity index (χ0v) is 13.2. The first-order valence-electron chi connectivity index (χ1n) is 6.52. The van der Waals surface area contributed by atoms with Crippen molar-refractivity contribution < 1.29 is 9.53 Å². The third kappa shape index (κ3) is 4.43. The number of amides is 1. The lowest BCUT2D eigenvalue weighted by Gasteiger charge is -2.32.